The summed E-state index contributed by atoms with van der Waals surface area (Å²) < 4.78 is 29.6. The molecule has 28 heavy (non-hydrogen) atoms. The van der Waals surface area contributed by atoms with Crippen LogP contribution >= 0.6 is 47.2 Å². The molecule has 146 valence electrons. The van der Waals surface area contributed by atoms with Gasteiger partial charge in [-0.15, -0.1) is 0 Å². The maximum absolute atomic E-state index is 12.8. The Labute approximate surface area is 181 Å². The smallest absolute Gasteiger partial charge is 0.266 e. The second-order valence-corrected chi connectivity index (χ2v) is 11.1. The van der Waals surface area contributed by atoms with Crippen LogP contribution in [0.3, 0.4) is 0 Å². The molecule has 0 spiro atoms. The van der Waals surface area contributed by atoms with E-state index in [-0.39, 0.29) is 17.4 Å². The Kier molecular flexibility index (Phi) is 5.35. The molecular weight excluding hydrogens is 461 g/mol. The number of halogens is 2. The molecule has 0 unspecified atom stereocenters. The Hall–Kier alpha value is -1.32. The summed E-state index contributed by atoms with van der Waals surface area (Å²) in [5, 5.41) is 0.809. The lowest BCUT2D eigenvalue weighted by atomic mass is 10.2. The van der Waals surface area contributed by atoms with Gasteiger partial charge in [-0.1, -0.05) is 53.2 Å². The standard InChI is InChI=1S/C18H13Cl2NO4S3/c19-13-3-1-2-12(16(13)20)14-5-4-11(25-14)8-15-17(22)21(18(26)27-15)10-6-7-28(23,24)9-10/h1-5,8,10H,6-7,9H2/b15-8-/t10-/m1/s1. The maximum atomic E-state index is 12.8. The minimum atomic E-state index is -3.12. The van der Waals surface area contributed by atoms with E-state index in [1.165, 1.54) is 4.90 Å². The first-order valence-corrected chi connectivity index (χ1v) is 12.1. The number of carbonyl (C=O) groups is 1. The van der Waals surface area contributed by atoms with Crippen LogP contribution in [0.5, 0.6) is 0 Å². The third-order valence-corrected chi connectivity index (χ3v) is 8.41. The van der Waals surface area contributed by atoms with Crippen molar-refractivity contribution in [2.45, 2.75) is 12.5 Å². The van der Waals surface area contributed by atoms with E-state index in [9.17, 15) is 13.2 Å². The van der Waals surface area contributed by atoms with Gasteiger partial charge in [0, 0.05) is 11.6 Å². The third kappa shape index (κ3) is 3.76. The van der Waals surface area contributed by atoms with Gasteiger partial charge < -0.3 is 4.42 Å². The summed E-state index contributed by atoms with van der Waals surface area (Å²) in [5.74, 6) is 0.721. The van der Waals surface area contributed by atoms with Crippen molar-refractivity contribution in [3.05, 3.63) is 51.0 Å². The van der Waals surface area contributed by atoms with Crippen molar-refractivity contribution in [3.63, 3.8) is 0 Å². The molecule has 0 aliphatic carbocycles. The topological polar surface area (TPSA) is 67.6 Å². The van der Waals surface area contributed by atoms with Crippen LogP contribution < -0.4 is 0 Å². The Bertz CT molecular complexity index is 1120. The van der Waals surface area contributed by atoms with Crippen molar-refractivity contribution < 1.29 is 17.6 Å². The van der Waals surface area contributed by atoms with Gasteiger partial charge in [0.2, 0.25) is 0 Å². The Balaban J connectivity index is 1.59. The second-order valence-electron chi connectivity index (χ2n) is 6.41. The van der Waals surface area contributed by atoms with Crippen molar-refractivity contribution in [2.24, 2.45) is 0 Å². The van der Waals surface area contributed by atoms with Crippen LogP contribution in [0.25, 0.3) is 17.4 Å². The number of hydrogen-bond acceptors (Lipinski definition) is 6. The van der Waals surface area contributed by atoms with E-state index in [1.54, 1.807) is 36.4 Å². The summed E-state index contributed by atoms with van der Waals surface area (Å²) in [7, 11) is -3.12. The number of carbonyl (C=O) groups excluding carboxylic acids is 1. The van der Waals surface area contributed by atoms with E-state index in [2.05, 4.69) is 0 Å². The molecule has 1 aromatic carbocycles. The fourth-order valence-electron chi connectivity index (χ4n) is 3.17. The van der Waals surface area contributed by atoms with Crippen LogP contribution in [-0.2, 0) is 14.6 Å². The molecule has 2 aromatic rings. The molecule has 2 aliphatic rings. The number of benzene rings is 1. The highest BCUT2D eigenvalue weighted by molar-refractivity contribution is 8.26. The van der Waals surface area contributed by atoms with Crippen LogP contribution in [0.1, 0.15) is 12.2 Å². The predicted molar refractivity (Wildman–Crippen MR) is 116 cm³/mol. The number of thioether (sulfide) groups is 1. The quantitative estimate of drug-likeness (QED) is 0.477. The monoisotopic (exact) mass is 473 g/mol. The lowest BCUT2D eigenvalue weighted by molar-refractivity contribution is -0.123. The number of thiocarbonyl (C=S) groups is 1. The van der Waals surface area contributed by atoms with E-state index in [0.717, 1.165) is 11.8 Å². The van der Waals surface area contributed by atoms with Gasteiger partial charge in [-0.25, -0.2) is 8.42 Å². The first-order valence-electron chi connectivity index (χ1n) is 8.27. The summed E-state index contributed by atoms with van der Waals surface area (Å²) in [5.41, 5.74) is 0.650. The molecule has 0 N–H and O–H groups in total. The van der Waals surface area contributed by atoms with Crippen molar-refractivity contribution >= 4 is 73.3 Å². The highest BCUT2D eigenvalue weighted by atomic mass is 35.5. The molecule has 3 heterocycles. The molecule has 0 saturated carbocycles. The van der Waals surface area contributed by atoms with Gasteiger partial charge in [0.05, 0.1) is 32.5 Å². The van der Waals surface area contributed by atoms with Crippen molar-refractivity contribution in [1.29, 1.82) is 0 Å². The van der Waals surface area contributed by atoms with Gasteiger partial charge in [0.1, 0.15) is 15.8 Å². The SMILES string of the molecule is O=C1/C(=C/c2ccc(-c3cccc(Cl)c3Cl)o2)SC(=S)N1[C@@H]1CCS(=O)(=O)C1. The van der Waals surface area contributed by atoms with Crippen LogP contribution in [0.15, 0.2) is 39.7 Å². The lowest BCUT2D eigenvalue weighted by Gasteiger charge is -2.20. The van der Waals surface area contributed by atoms with E-state index < -0.39 is 15.9 Å². The van der Waals surface area contributed by atoms with Crippen LogP contribution in [0.4, 0.5) is 0 Å². The summed E-state index contributed by atoms with van der Waals surface area (Å²) in [6.07, 6.45) is 2.00. The average Bonchev–Trinajstić information content (AvgIpc) is 3.29. The van der Waals surface area contributed by atoms with Crippen LogP contribution in [-0.4, -0.2) is 41.1 Å². The fraction of sp³-hybridized carbons (Fsp3) is 0.222. The molecule has 0 bridgehead atoms. The van der Waals surface area contributed by atoms with Gasteiger partial charge in [0.25, 0.3) is 5.91 Å². The van der Waals surface area contributed by atoms with Crippen molar-refractivity contribution in [2.75, 3.05) is 11.5 Å². The number of nitrogens with zero attached hydrogens (tertiary/aromatic N) is 1. The van der Waals surface area contributed by atoms with Crippen molar-refractivity contribution in [1.82, 2.24) is 4.90 Å². The third-order valence-electron chi connectivity index (χ3n) is 4.51. The molecule has 5 nitrogen and oxygen atoms in total. The first kappa shape index (κ1) is 20.0. The predicted octanol–water partition coefficient (Wildman–Crippen LogP) is 4.64. The Morgan fingerprint density at radius 3 is 2.75 bits per heavy atom. The molecule has 1 amide bonds. The molecule has 0 radical (unpaired) electrons. The van der Waals surface area contributed by atoms with Crippen molar-refractivity contribution in [3.8, 4) is 11.3 Å². The highest BCUT2D eigenvalue weighted by Gasteiger charge is 2.42. The Morgan fingerprint density at radius 2 is 2.04 bits per heavy atom. The van der Waals surface area contributed by atoms with Crippen LogP contribution in [0.2, 0.25) is 10.0 Å². The number of furan rings is 1. The lowest BCUT2D eigenvalue weighted by Crippen LogP contribution is -2.39. The molecule has 1 atom stereocenters. The molecule has 2 aliphatic heterocycles. The zero-order valence-electron chi connectivity index (χ0n) is 14.2. The average molecular weight is 474 g/mol. The molecule has 4 rings (SSSR count). The molecule has 10 heteroatoms. The van der Waals surface area contributed by atoms with E-state index >= 15 is 0 Å². The fourth-order valence-corrected chi connectivity index (χ4v) is 6.65. The van der Waals surface area contributed by atoms with Gasteiger partial charge in [-0.3, -0.25) is 9.69 Å². The molecular formula is C18H13Cl2NO4S3. The van der Waals surface area contributed by atoms with E-state index in [0.29, 0.717) is 42.8 Å². The second kappa shape index (κ2) is 7.50. The van der Waals surface area contributed by atoms with Gasteiger partial charge in [0.15, 0.2) is 9.84 Å². The molecule has 2 saturated heterocycles. The number of rotatable bonds is 3. The van der Waals surface area contributed by atoms with Gasteiger partial charge in [-0.05, 0) is 30.7 Å². The van der Waals surface area contributed by atoms with Crippen LogP contribution in [0, 0.1) is 0 Å². The normalized spacial score (nSPS) is 23.1. The van der Waals surface area contributed by atoms with Gasteiger partial charge >= 0.3 is 0 Å². The number of amides is 1. The minimum Gasteiger partial charge on any atom is -0.457 e. The maximum Gasteiger partial charge on any atom is 0.266 e. The summed E-state index contributed by atoms with van der Waals surface area (Å²) in [4.78, 5) is 14.6. The van der Waals surface area contributed by atoms with E-state index in [1.807, 2.05) is 0 Å². The zero-order valence-corrected chi connectivity index (χ0v) is 18.2. The zero-order chi connectivity index (χ0) is 20.1. The number of sulfone groups is 1. The minimum absolute atomic E-state index is 0.0507. The Morgan fingerprint density at radius 1 is 1.25 bits per heavy atom. The summed E-state index contributed by atoms with van der Waals surface area (Å²) in [6, 6.07) is 8.31. The summed E-state index contributed by atoms with van der Waals surface area (Å²) in [6.45, 7) is 0. The first-order chi connectivity index (χ1) is 13.2. The highest BCUT2D eigenvalue weighted by Crippen LogP contribution is 2.38. The summed E-state index contributed by atoms with van der Waals surface area (Å²) >= 11 is 18.7. The van der Waals surface area contributed by atoms with Gasteiger partial charge in [-0.2, -0.15) is 0 Å². The molecule has 2 fully saturated rings. The molecule has 1 aromatic heterocycles. The van der Waals surface area contributed by atoms with E-state index in [4.69, 9.17) is 39.8 Å². The number of hydrogen-bond donors (Lipinski definition) is 0. The largest absolute Gasteiger partial charge is 0.457 e.